The van der Waals surface area contributed by atoms with Crippen LogP contribution in [-0.2, 0) is 4.79 Å². The first-order valence-corrected chi connectivity index (χ1v) is 9.04. The van der Waals surface area contributed by atoms with Crippen molar-refractivity contribution in [1.29, 1.82) is 0 Å². The highest BCUT2D eigenvalue weighted by Crippen LogP contribution is 2.26. The van der Waals surface area contributed by atoms with Crippen LogP contribution in [0.4, 0.5) is 5.13 Å². The van der Waals surface area contributed by atoms with Crippen molar-refractivity contribution in [2.75, 3.05) is 11.1 Å². The number of aryl methyl sites for hydroxylation is 2. The first-order valence-electron chi connectivity index (χ1n) is 7.24. The number of aromatic nitrogens is 4. The van der Waals surface area contributed by atoms with Crippen LogP contribution in [0.1, 0.15) is 11.4 Å². The fourth-order valence-corrected chi connectivity index (χ4v) is 3.53. The van der Waals surface area contributed by atoms with Gasteiger partial charge in [-0.2, -0.15) is 0 Å². The van der Waals surface area contributed by atoms with Crippen molar-refractivity contribution in [1.82, 2.24) is 20.2 Å². The lowest BCUT2D eigenvalue weighted by molar-refractivity contribution is -0.113. The molecule has 3 rings (SSSR count). The Morgan fingerprint density at radius 2 is 1.83 bits per heavy atom. The standard InChI is InChI=1S/C16H15N5OS2/c1-10-8-11(2)18-15(17-10)23-9-13(22)19-16-21-20-14(24-16)12-6-4-3-5-7-12/h3-8H,9H2,1-2H3,(H,19,21,22). The van der Waals surface area contributed by atoms with Crippen LogP contribution in [0.5, 0.6) is 0 Å². The number of hydrogen-bond acceptors (Lipinski definition) is 7. The SMILES string of the molecule is Cc1cc(C)nc(SCC(=O)Nc2nnc(-c3ccccc3)s2)n1. The van der Waals surface area contributed by atoms with Crippen molar-refractivity contribution in [2.24, 2.45) is 0 Å². The molecule has 8 heteroatoms. The lowest BCUT2D eigenvalue weighted by Crippen LogP contribution is -2.14. The Labute approximate surface area is 147 Å². The quantitative estimate of drug-likeness (QED) is 0.557. The number of nitrogens with zero attached hydrogens (tertiary/aromatic N) is 4. The molecule has 6 nitrogen and oxygen atoms in total. The number of carbonyl (C=O) groups excluding carboxylic acids is 1. The minimum atomic E-state index is -0.154. The molecule has 2 aromatic heterocycles. The van der Waals surface area contributed by atoms with E-state index in [0.29, 0.717) is 10.3 Å². The molecular formula is C16H15N5OS2. The maximum atomic E-state index is 12.1. The number of rotatable bonds is 5. The largest absolute Gasteiger partial charge is 0.300 e. The second-order valence-corrected chi connectivity index (χ2v) is 6.97. The predicted octanol–water partition coefficient (Wildman–Crippen LogP) is 3.34. The molecular weight excluding hydrogens is 342 g/mol. The van der Waals surface area contributed by atoms with E-state index in [0.717, 1.165) is 22.0 Å². The van der Waals surface area contributed by atoms with E-state index in [-0.39, 0.29) is 11.7 Å². The van der Waals surface area contributed by atoms with Gasteiger partial charge in [0, 0.05) is 17.0 Å². The van der Waals surface area contributed by atoms with E-state index >= 15 is 0 Å². The fourth-order valence-electron chi connectivity index (χ4n) is 2.01. The molecule has 122 valence electrons. The molecule has 24 heavy (non-hydrogen) atoms. The van der Waals surface area contributed by atoms with Crippen molar-refractivity contribution in [3.63, 3.8) is 0 Å². The lowest BCUT2D eigenvalue weighted by atomic mass is 10.2. The number of hydrogen-bond donors (Lipinski definition) is 1. The molecule has 0 bridgehead atoms. The van der Waals surface area contributed by atoms with Gasteiger partial charge < -0.3 is 0 Å². The van der Waals surface area contributed by atoms with Crippen LogP contribution in [0.3, 0.4) is 0 Å². The topological polar surface area (TPSA) is 80.7 Å². The zero-order valence-corrected chi connectivity index (χ0v) is 14.8. The van der Waals surface area contributed by atoms with Gasteiger partial charge in [0.2, 0.25) is 11.0 Å². The van der Waals surface area contributed by atoms with Crippen LogP contribution in [0.15, 0.2) is 41.6 Å². The molecule has 3 aromatic rings. The summed E-state index contributed by atoms with van der Waals surface area (Å²) in [4.78, 5) is 20.7. The monoisotopic (exact) mass is 357 g/mol. The number of anilines is 1. The van der Waals surface area contributed by atoms with Gasteiger partial charge in [0.05, 0.1) is 5.75 Å². The van der Waals surface area contributed by atoms with E-state index in [1.54, 1.807) is 0 Å². The molecule has 0 radical (unpaired) electrons. The summed E-state index contributed by atoms with van der Waals surface area (Å²) in [5.74, 6) is 0.0712. The van der Waals surface area contributed by atoms with Crippen LogP contribution in [0.25, 0.3) is 10.6 Å². The van der Waals surface area contributed by atoms with Crippen LogP contribution in [-0.4, -0.2) is 31.8 Å². The van der Waals surface area contributed by atoms with E-state index in [2.05, 4.69) is 25.5 Å². The first-order chi connectivity index (χ1) is 11.6. The van der Waals surface area contributed by atoms with Crippen LogP contribution >= 0.6 is 23.1 Å². The normalized spacial score (nSPS) is 10.6. The van der Waals surface area contributed by atoms with Crippen LogP contribution in [0, 0.1) is 13.8 Å². The number of thioether (sulfide) groups is 1. The van der Waals surface area contributed by atoms with Gasteiger partial charge in [-0.15, -0.1) is 10.2 Å². The molecule has 0 saturated heterocycles. The fraction of sp³-hybridized carbons (Fsp3) is 0.188. The molecule has 1 aromatic carbocycles. The molecule has 2 heterocycles. The molecule has 0 fully saturated rings. The Kier molecular flexibility index (Phi) is 5.17. The Balaban J connectivity index is 1.58. The van der Waals surface area contributed by atoms with Crippen molar-refractivity contribution in [3.05, 3.63) is 47.8 Å². The summed E-state index contributed by atoms with van der Waals surface area (Å²) >= 11 is 2.65. The second-order valence-electron chi connectivity index (χ2n) is 5.05. The summed E-state index contributed by atoms with van der Waals surface area (Å²) in [6.45, 7) is 3.82. The molecule has 0 aliphatic rings. The molecule has 0 spiro atoms. The Hall–Kier alpha value is -2.32. The summed E-state index contributed by atoms with van der Waals surface area (Å²) in [6, 6.07) is 11.6. The first kappa shape index (κ1) is 16.5. The Morgan fingerprint density at radius 1 is 1.12 bits per heavy atom. The predicted molar refractivity (Wildman–Crippen MR) is 96.2 cm³/mol. The van der Waals surface area contributed by atoms with Crippen molar-refractivity contribution in [3.8, 4) is 10.6 Å². The van der Waals surface area contributed by atoms with E-state index in [1.807, 2.05) is 50.2 Å². The summed E-state index contributed by atoms with van der Waals surface area (Å²) in [7, 11) is 0. The summed E-state index contributed by atoms with van der Waals surface area (Å²) in [5.41, 5.74) is 2.76. The lowest BCUT2D eigenvalue weighted by Gasteiger charge is -2.02. The maximum Gasteiger partial charge on any atom is 0.236 e. The van der Waals surface area contributed by atoms with Crippen LogP contribution in [0.2, 0.25) is 0 Å². The second kappa shape index (κ2) is 7.50. The van der Waals surface area contributed by atoms with Gasteiger partial charge in [-0.05, 0) is 19.9 Å². The highest BCUT2D eigenvalue weighted by molar-refractivity contribution is 7.99. The molecule has 0 aliphatic heterocycles. The summed E-state index contributed by atoms with van der Waals surface area (Å²) in [6.07, 6.45) is 0. The third-order valence-electron chi connectivity index (χ3n) is 2.99. The van der Waals surface area contributed by atoms with E-state index in [1.165, 1.54) is 23.1 Å². The minimum absolute atomic E-state index is 0.154. The highest BCUT2D eigenvalue weighted by Gasteiger charge is 2.11. The van der Waals surface area contributed by atoms with Gasteiger partial charge in [0.25, 0.3) is 0 Å². The maximum absolute atomic E-state index is 12.1. The summed E-state index contributed by atoms with van der Waals surface area (Å²) in [5, 5.41) is 12.7. The Morgan fingerprint density at radius 3 is 2.54 bits per heavy atom. The van der Waals surface area contributed by atoms with Crippen molar-refractivity contribution >= 4 is 34.1 Å². The van der Waals surface area contributed by atoms with Crippen LogP contribution < -0.4 is 5.32 Å². The number of amides is 1. The van der Waals surface area contributed by atoms with Gasteiger partial charge in [-0.25, -0.2) is 9.97 Å². The summed E-state index contributed by atoms with van der Waals surface area (Å²) < 4.78 is 0. The highest BCUT2D eigenvalue weighted by atomic mass is 32.2. The van der Waals surface area contributed by atoms with Crippen molar-refractivity contribution in [2.45, 2.75) is 19.0 Å². The number of benzene rings is 1. The molecule has 0 unspecified atom stereocenters. The minimum Gasteiger partial charge on any atom is -0.300 e. The van der Waals surface area contributed by atoms with Gasteiger partial charge in [0.15, 0.2) is 5.16 Å². The number of nitrogens with one attached hydrogen (secondary N) is 1. The average Bonchev–Trinajstić information content (AvgIpc) is 3.01. The van der Waals surface area contributed by atoms with E-state index < -0.39 is 0 Å². The molecule has 0 aliphatic carbocycles. The van der Waals surface area contributed by atoms with Gasteiger partial charge in [0.1, 0.15) is 5.01 Å². The van der Waals surface area contributed by atoms with Gasteiger partial charge >= 0.3 is 0 Å². The van der Waals surface area contributed by atoms with E-state index in [9.17, 15) is 4.79 Å². The Bertz CT molecular complexity index is 830. The third kappa shape index (κ3) is 4.36. The smallest absolute Gasteiger partial charge is 0.236 e. The molecule has 0 atom stereocenters. The zero-order valence-electron chi connectivity index (χ0n) is 13.2. The van der Waals surface area contributed by atoms with E-state index in [4.69, 9.17) is 0 Å². The number of carbonyl (C=O) groups is 1. The zero-order chi connectivity index (χ0) is 16.9. The third-order valence-corrected chi connectivity index (χ3v) is 4.72. The van der Waals surface area contributed by atoms with Gasteiger partial charge in [-0.1, -0.05) is 53.4 Å². The molecule has 0 saturated carbocycles. The average molecular weight is 357 g/mol. The molecule has 1 amide bonds. The van der Waals surface area contributed by atoms with Crippen molar-refractivity contribution < 1.29 is 4.79 Å². The van der Waals surface area contributed by atoms with Gasteiger partial charge in [-0.3, -0.25) is 10.1 Å². The molecule has 1 N–H and O–H groups in total.